The Balaban J connectivity index is 2.14. The van der Waals surface area contributed by atoms with Crippen molar-refractivity contribution in [2.45, 2.75) is 90.9 Å². The summed E-state index contributed by atoms with van der Waals surface area (Å²) in [6, 6.07) is 13.7. The summed E-state index contributed by atoms with van der Waals surface area (Å²) in [5, 5.41) is 0. The molecule has 0 bridgehead atoms. The van der Waals surface area contributed by atoms with Crippen molar-refractivity contribution in [2.75, 3.05) is 0 Å². The van der Waals surface area contributed by atoms with Crippen molar-refractivity contribution in [3.05, 3.63) is 56.5 Å². The fourth-order valence-electron chi connectivity index (χ4n) is 3.90. The number of hydrogen-bond acceptors (Lipinski definition) is 0. The number of benzene rings is 2. The van der Waals surface area contributed by atoms with Gasteiger partial charge < -0.3 is 0 Å². The molecular weight excluding hydrogens is 472 g/mol. The van der Waals surface area contributed by atoms with Gasteiger partial charge in [-0.05, 0) is 72.2 Å². The molecule has 0 nitrogen and oxygen atoms in total. The Kier molecular flexibility index (Phi) is 11.5. The Bertz CT molecular complexity index is 706. The minimum absolute atomic E-state index is 1.17. The van der Waals surface area contributed by atoms with Crippen molar-refractivity contribution in [3.8, 4) is 11.1 Å². The first-order valence-electron chi connectivity index (χ1n) is 11.2. The van der Waals surface area contributed by atoms with Crippen LogP contribution in [0.3, 0.4) is 0 Å². The van der Waals surface area contributed by atoms with Gasteiger partial charge in [0, 0.05) is 8.95 Å². The van der Waals surface area contributed by atoms with Gasteiger partial charge in [0.1, 0.15) is 0 Å². The molecule has 0 aliphatic heterocycles. The predicted octanol–water partition coefficient (Wildman–Crippen LogP) is 9.90. The summed E-state index contributed by atoms with van der Waals surface area (Å²) in [5.74, 6) is 0. The zero-order valence-electron chi connectivity index (χ0n) is 17.7. The molecule has 2 aromatic carbocycles. The van der Waals surface area contributed by atoms with Crippen molar-refractivity contribution in [3.63, 3.8) is 0 Å². The molecule has 2 rings (SSSR count). The van der Waals surface area contributed by atoms with Crippen LogP contribution in [0, 0.1) is 0 Å². The molecule has 0 aliphatic rings. The van der Waals surface area contributed by atoms with Gasteiger partial charge in [-0.25, -0.2) is 0 Å². The number of aryl methyl sites for hydroxylation is 2. The van der Waals surface area contributed by atoms with E-state index in [1.165, 1.54) is 108 Å². The van der Waals surface area contributed by atoms with Gasteiger partial charge >= 0.3 is 0 Å². The summed E-state index contributed by atoms with van der Waals surface area (Å²) in [6.07, 6.45) is 15.7. The van der Waals surface area contributed by atoms with Crippen LogP contribution in [0.25, 0.3) is 11.1 Å². The van der Waals surface area contributed by atoms with Gasteiger partial charge in [-0.1, -0.05) is 109 Å². The van der Waals surface area contributed by atoms with E-state index in [0.717, 1.165) is 0 Å². The lowest BCUT2D eigenvalue weighted by molar-refractivity contribution is 0.607. The van der Waals surface area contributed by atoms with E-state index in [2.05, 4.69) is 82.1 Å². The number of halogens is 2. The highest BCUT2D eigenvalue weighted by molar-refractivity contribution is 9.10. The van der Waals surface area contributed by atoms with E-state index in [1.807, 2.05) is 0 Å². The maximum absolute atomic E-state index is 3.69. The zero-order valence-corrected chi connectivity index (χ0v) is 20.9. The van der Waals surface area contributed by atoms with E-state index in [0.29, 0.717) is 0 Å². The van der Waals surface area contributed by atoms with Crippen molar-refractivity contribution < 1.29 is 0 Å². The van der Waals surface area contributed by atoms with Crippen LogP contribution in [0.5, 0.6) is 0 Å². The van der Waals surface area contributed by atoms with E-state index in [9.17, 15) is 0 Å². The lowest BCUT2D eigenvalue weighted by atomic mass is 9.91. The average Bonchev–Trinajstić information content (AvgIpc) is 2.69. The highest BCUT2D eigenvalue weighted by Crippen LogP contribution is 2.33. The second-order valence-electron chi connectivity index (χ2n) is 7.93. The molecule has 154 valence electrons. The maximum atomic E-state index is 3.69. The van der Waals surface area contributed by atoms with Gasteiger partial charge in [0.25, 0.3) is 0 Å². The van der Waals surface area contributed by atoms with Crippen LogP contribution >= 0.6 is 31.9 Å². The number of hydrogen-bond donors (Lipinski definition) is 0. The SMILES string of the molecule is CCCCCCCCc1cc(Br)ccc1-c1ccc(Br)cc1CCCCCC. The third-order valence-corrected chi connectivity index (χ3v) is 6.51. The second kappa shape index (κ2) is 13.6. The van der Waals surface area contributed by atoms with Crippen molar-refractivity contribution >= 4 is 31.9 Å². The Morgan fingerprint density at radius 2 is 0.929 bits per heavy atom. The van der Waals surface area contributed by atoms with Crippen molar-refractivity contribution in [1.29, 1.82) is 0 Å². The summed E-state index contributed by atoms with van der Waals surface area (Å²) >= 11 is 7.38. The summed E-state index contributed by atoms with van der Waals surface area (Å²) in [5.41, 5.74) is 5.82. The van der Waals surface area contributed by atoms with Crippen molar-refractivity contribution in [1.82, 2.24) is 0 Å². The molecule has 0 aliphatic carbocycles. The third kappa shape index (κ3) is 8.03. The smallest absolute Gasteiger partial charge is 0.0178 e. The zero-order chi connectivity index (χ0) is 20.2. The summed E-state index contributed by atoms with van der Waals surface area (Å²) in [4.78, 5) is 0. The van der Waals surface area contributed by atoms with Gasteiger partial charge in [-0.2, -0.15) is 0 Å². The number of rotatable bonds is 13. The Morgan fingerprint density at radius 1 is 0.536 bits per heavy atom. The quantitative estimate of drug-likeness (QED) is 0.236. The lowest BCUT2D eigenvalue weighted by Gasteiger charge is -2.15. The first kappa shape index (κ1) is 23.7. The topological polar surface area (TPSA) is 0 Å². The first-order valence-corrected chi connectivity index (χ1v) is 12.8. The fraction of sp³-hybridized carbons (Fsp3) is 0.538. The molecule has 0 amide bonds. The van der Waals surface area contributed by atoms with E-state index in [-0.39, 0.29) is 0 Å². The van der Waals surface area contributed by atoms with Crippen LogP contribution in [0.15, 0.2) is 45.3 Å². The Hall–Kier alpha value is -0.600. The van der Waals surface area contributed by atoms with Gasteiger partial charge in [0.2, 0.25) is 0 Å². The largest absolute Gasteiger partial charge is 0.0654 e. The minimum Gasteiger partial charge on any atom is -0.0654 e. The molecule has 0 atom stereocenters. The molecule has 0 fully saturated rings. The maximum Gasteiger partial charge on any atom is 0.0178 e. The second-order valence-corrected chi connectivity index (χ2v) is 9.76. The molecular formula is C26H36Br2. The van der Waals surface area contributed by atoms with Crippen LogP contribution in [-0.4, -0.2) is 0 Å². The van der Waals surface area contributed by atoms with Gasteiger partial charge in [0.15, 0.2) is 0 Å². The average molecular weight is 508 g/mol. The molecule has 28 heavy (non-hydrogen) atoms. The summed E-state index contributed by atoms with van der Waals surface area (Å²) in [7, 11) is 0. The van der Waals surface area contributed by atoms with E-state index in [1.54, 1.807) is 0 Å². The molecule has 2 heteroatoms. The first-order chi connectivity index (χ1) is 13.7. The highest BCUT2D eigenvalue weighted by atomic mass is 79.9. The Morgan fingerprint density at radius 3 is 1.39 bits per heavy atom. The lowest BCUT2D eigenvalue weighted by Crippen LogP contribution is -1.96. The molecule has 0 spiro atoms. The van der Waals surface area contributed by atoms with E-state index < -0.39 is 0 Å². The predicted molar refractivity (Wildman–Crippen MR) is 132 cm³/mol. The van der Waals surface area contributed by atoms with E-state index >= 15 is 0 Å². The monoisotopic (exact) mass is 506 g/mol. The van der Waals surface area contributed by atoms with Crippen molar-refractivity contribution in [2.24, 2.45) is 0 Å². The van der Waals surface area contributed by atoms with Crippen LogP contribution in [0.2, 0.25) is 0 Å². The van der Waals surface area contributed by atoms with Gasteiger partial charge in [0.05, 0.1) is 0 Å². The molecule has 0 unspecified atom stereocenters. The molecule has 0 heterocycles. The van der Waals surface area contributed by atoms with Crippen LogP contribution < -0.4 is 0 Å². The standard InChI is InChI=1S/C26H36Br2/c1-3-5-7-9-10-12-14-22-20-24(28)16-18-26(22)25-17-15-23(27)19-21(25)13-11-8-6-4-2/h15-20H,3-14H2,1-2H3. The third-order valence-electron chi connectivity index (χ3n) is 5.52. The van der Waals surface area contributed by atoms with Crippen LogP contribution in [0.4, 0.5) is 0 Å². The van der Waals surface area contributed by atoms with Crippen LogP contribution in [0.1, 0.15) is 89.2 Å². The molecule has 2 aromatic rings. The van der Waals surface area contributed by atoms with Gasteiger partial charge in [-0.3, -0.25) is 0 Å². The molecule has 0 saturated carbocycles. The van der Waals surface area contributed by atoms with Gasteiger partial charge in [-0.15, -0.1) is 0 Å². The highest BCUT2D eigenvalue weighted by Gasteiger charge is 2.11. The van der Waals surface area contributed by atoms with Crippen LogP contribution in [-0.2, 0) is 12.8 Å². The fourth-order valence-corrected chi connectivity index (χ4v) is 4.72. The molecule has 0 N–H and O–H groups in total. The molecule has 0 saturated heterocycles. The molecule has 0 radical (unpaired) electrons. The normalized spacial score (nSPS) is 11.1. The minimum atomic E-state index is 1.17. The summed E-state index contributed by atoms with van der Waals surface area (Å²) in [6.45, 7) is 4.56. The number of unbranched alkanes of at least 4 members (excludes halogenated alkanes) is 8. The summed E-state index contributed by atoms with van der Waals surface area (Å²) < 4.78 is 2.38. The molecule has 0 aromatic heterocycles. The van der Waals surface area contributed by atoms with E-state index in [4.69, 9.17) is 0 Å². The Labute approximate surface area is 189 Å².